The first kappa shape index (κ1) is 18.1. The largest absolute Gasteiger partial charge is 0.416 e. The minimum atomic E-state index is -4.89. The molecule has 0 saturated carbocycles. The molecule has 0 amide bonds. The highest BCUT2D eigenvalue weighted by atomic mass is 79.9. The van der Waals surface area contributed by atoms with Gasteiger partial charge in [-0.2, -0.15) is 13.2 Å². The number of nitrogens with zero attached hydrogens (tertiary/aromatic N) is 1. The fourth-order valence-electron chi connectivity index (χ4n) is 1.26. The molecule has 1 aromatic carbocycles. The summed E-state index contributed by atoms with van der Waals surface area (Å²) in [5, 5.41) is 19.6. The van der Waals surface area contributed by atoms with Crippen LogP contribution < -0.4 is 5.73 Å². The molecule has 3 N–H and O–H groups in total. The zero-order chi connectivity index (χ0) is 14.1. The summed E-state index contributed by atoms with van der Waals surface area (Å²) in [6.07, 6.45) is -7.67. The first-order valence-electron chi connectivity index (χ1n) is 4.58. The van der Waals surface area contributed by atoms with Crippen LogP contribution in [0.3, 0.4) is 0 Å². The zero-order valence-electron chi connectivity index (χ0n) is 9.10. The molecule has 0 spiro atoms. The number of halogens is 5. The molecule has 19 heavy (non-hydrogen) atoms. The van der Waals surface area contributed by atoms with Gasteiger partial charge in [0.2, 0.25) is 0 Å². The van der Waals surface area contributed by atoms with E-state index in [2.05, 4.69) is 15.9 Å². The van der Waals surface area contributed by atoms with E-state index in [1.165, 1.54) is 12.1 Å². The molecule has 108 valence electrons. The molecular formula is C9H9BrClF3N2O3. The van der Waals surface area contributed by atoms with E-state index < -0.39 is 28.9 Å². The summed E-state index contributed by atoms with van der Waals surface area (Å²) in [6.45, 7) is 0. The second kappa shape index (κ2) is 6.51. The summed E-state index contributed by atoms with van der Waals surface area (Å²) in [5.74, 6) is 0. The molecule has 0 saturated heterocycles. The van der Waals surface area contributed by atoms with Crippen LogP contribution in [0.1, 0.15) is 11.6 Å². The number of rotatable bonds is 3. The molecule has 1 aromatic rings. The Hall–Kier alpha value is -0.900. The average Bonchev–Trinajstić information content (AvgIpc) is 2.26. The van der Waals surface area contributed by atoms with Gasteiger partial charge in [0.1, 0.15) is 0 Å². The number of aliphatic hydroxyl groups is 1. The third kappa shape index (κ3) is 4.30. The third-order valence-electron chi connectivity index (χ3n) is 2.23. The Morgan fingerprint density at radius 2 is 1.95 bits per heavy atom. The summed E-state index contributed by atoms with van der Waals surface area (Å²) in [5.41, 5.74) is 4.65. The fourth-order valence-corrected chi connectivity index (χ4v) is 1.65. The van der Waals surface area contributed by atoms with Crippen LogP contribution in [0.4, 0.5) is 18.9 Å². The van der Waals surface area contributed by atoms with Gasteiger partial charge in [-0.1, -0.05) is 6.07 Å². The van der Waals surface area contributed by atoms with E-state index in [0.717, 1.165) is 6.07 Å². The number of nitrogens with two attached hydrogens (primary N) is 1. The van der Waals surface area contributed by atoms with Gasteiger partial charge in [0, 0.05) is 6.07 Å². The summed E-state index contributed by atoms with van der Waals surface area (Å²) < 4.78 is 36.9. The summed E-state index contributed by atoms with van der Waals surface area (Å²) in [6, 6.07) is 1.49. The van der Waals surface area contributed by atoms with Crippen molar-refractivity contribution in [2.24, 2.45) is 5.73 Å². The Morgan fingerprint density at radius 1 is 1.42 bits per heavy atom. The number of benzene rings is 1. The van der Waals surface area contributed by atoms with Crippen molar-refractivity contribution in [3.63, 3.8) is 0 Å². The molecule has 5 nitrogen and oxygen atoms in total. The molecule has 0 heterocycles. The van der Waals surface area contributed by atoms with Crippen molar-refractivity contribution >= 4 is 34.0 Å². The number of nitro groups is 1. The van der Waals surface area contributed by atoms with E-state index in [1.807, 2.05) is 0 Å². The van der Waals surface area contributed by atoms with Crippen molar-refractivity contribution < 1.29 is 23.2 Å². The van der Waals surface area contributed by atoms with E-state index in [4.69, 9.17) is 10.8 Å². The Labute approximate surface area is 120 Å². The van der Waals surface area contributed by atoms with Crippen LogP contribution in [0.25, 0.3) is 0 Å². The quantitative estimate of drug-likeness (QED) is 0.636. The van der Waals surface area contributed by atoms with Crippen LogP contribution in [0.15, 0.2) is 22.7 Å². The topological polar surface area (TPSA) is 89.4 Å². The Bertz CT molecular complexity index is 473. The predicted octanol–water partition coefficient (Wildman–Crippen LogP) is 2.70. The number of hydrogen-bond donors (Lipinski definition) is 2. The summed E-state index contributed by atoms with van der Waals surface area (Å²) >= 11 is 2.89. The number of hydrogen-bond acceptors (Lipinski definition) is 4. The molecule has 0 radical (unpaired) electrons. The molecule has 10 heteroatoms. The highest BCUT2D eigenvalue weighted by Crippen LogP contribution is 2.32. The predicted molar refractivity (Wildman–Crippen MR) is 67.0 cm³/mol. The lowest BCUT2D eigenvalue weighted by Gasteiger charge is -2.21. The van der Waals surface area contributed by atoms with Gasteiger partial charge in [-0.3, -0.25) is 10.1 Å². The molecular weight excluding hydrogens is 356 g/mol. The maximum Gasteiger partial charge on any atom is 0.416 e. The Morgan fingerprint density at radius 3 is 2.37 bits per heavy atom. The van der Waals surface area contributed by atoms with Gasteiger partial charge in [-0.25, -0.2) is 0 Å². The molecule has 1 rings (SSSR count). The summed E-state index contributed by atoms with van der Waals surface area (Å²) in [4.78, 5) is 9.85. The van der Waals surface area contributed by atoms with E-state index in [1.54, 1.807) is 0 Å². The van der Waals surface area contributed by atoms with Gasteiger partial charge in [-0.15, -0.1) is 12.4 Å². The lowest BCUT2D eigenvalue weighted by Crippen LogP contribution is -2.38. The lowest BCUT2D eigenvalue weighted by molar-refractivity contribution is -0.385. The second-order valence-corrected chi connectivity index (χ2v) is 4.33. The van der Waals surface area contributed by atoms with E-state index in [9.17, 15) is 23.3 Å². The third-order valence-corrected chi connectivity index (χ3v) is 2.90. The van der Waals surface area contributed by atoms with Crippen LogP contribution in [0, 0.1) is 10.1 Å². The Balaban J connectivity index is 0.00000324. The van der Waals surface area contributed by atoms with Crippen LogP contribution in [-0.2, 0) is 0 Å². The van der Waals surface area contributed by atoms with E-state index in [-0.39, 0.29) is 22.4 Å². The van der Waals surface area contributed by atoms with Crippen molar-refractivity contribution in [1.82, 2.24) is 0 Å². The molecule has 2 atom stereocenters. The van der Waals surface area contributed by atoms with Gasteiger partial charge < -0.3 is 10.8 Å². The SMILES string of the molecule is Cl.N[C@H](c1ccc(Br)c([N+](=O)[O-])c1)[C@@H](O)C(F)(F)F. The van der Waals surface area contributed by atoms with E-state index >= 15 is 0 Å². The Kier molecular flexibility index (Phi) is 6.20. The monoisotopic (exact) mass is 364 g/mol. The molecule has 0 fully saturated rings. The fraction of sp³-hybridized carbons (Fsp3) is 0.333. The van der Waals surface area contributed by atoms with Gasteiger partial charge in [0.05, 0.1) is 15.4 Å². The second-order valence-electron chi connectivity index (χ2n) is 3.48. The van der Waals surface area contributed by atoms with Crippen molar-refractivity contribution in [1.29, 1.82) is 0 Å². The first-order chi connectivity index (χ1) is 8.14. The lowest BCUT2D eigenvalue weighted by atomic mass is 10.0. The van der Waals surface area contributed by atoms with Crippen molar-refractivity contribution in [2.45, 2.75) is 18.3 Å². The maximum atomic E-state index is 12.3. The van der Waals surface area contributed by atoms with Crippen LogP contribution >= 0.6 is 28.3 Å². The van der Waals surface area contributed by atoms with Gasteiger partial charge >= 0.3 is 6.18 Å². The smallest absolute Gasteiger partial charge is 0.382 e. The van der Waals surface area contributed by atoms with Crippen molar-refractivity contribution in [3.8, 4) is 0 Å². The van der Waals surface area contributed by atoms with Crippen molar-refractivity contribution in [3.05, 3.63) is 38.3 Å². The van der Waals surface area contributed by atoms with Gasteiger partial charge in [0.25, 0.3) is 5.69 Å². The minimum absolute atomic E-state index is 0. The van der Waals surface area contributed by atoms with Crippen LogP contribution in [0.2, 0.25) is 0 Å². The highest BCUT2D eigenvalue weighted by molar-refractivity contribution is 9.10. The zero-order valence-corrected chi connectivity index (χ0v) is 11.5. The average molecular weight is 366 g/mol. The minimum Gasteiger partial charge on any atom is -0.382 e. The standard InChI is InChI=1S/C9H8BrF3N2O3.ClH/c10-5-2-1-4(3-6(5)15(17)18)7(14)8(16)9(11,12)13;/h1-3,7-8,16H,14H2;1H/t7-,8-;/m1./s1. The summed E-state index contributed by atoms with van der Waals surface area (Å²) in [7, 11) is 0. The van der Waals surface area contributed by atoms with E-state index in [0.29, 0.717) is 0 Å². The van der Waals surface area contributed by atoms with Crippen LogP contribution in [-0.4, -0.2) is 22.3 Å². The van der Waals surface area contributed by atoms with Crippen molar-refractivity contribution in [2.75, 3.05) is 0 Å². The maximum absolute atomic E-state index is 12.3. The van der Waals surface area contributed by atoms with Gasteiger partial charge in [0.15, 0.2) is 6.10 Å². The number of aliphatic hydroxyl groups excluding tert-OH is 1. The first-order valence-corrected chi connectivity index (χ1v) is 5.38. The molecule has 0 aliphatic heterocycles. The van der Waals surface area contributed by atoms with Gasteiger partial charge in [-0.05, 0) is 27.6 Å². The molecule has 0 bridgehead atoms. The molecule has 0 aliphatic carbocycles. The molecule has 0 aliphatic rings. The highest BCUT2D eigenvalue weighted by Gasteiger charge is 2.43. The van der Waals surface area contributed by atoms with Crippen LogP contribution in [0.5, 0.6) is 0 Å². The number of alkyl halides is 3. The normalized spacial score (nSPS) is 14.4. The molecule has 0 unspecified atom stereocenters. The number of nitro benzene ring substituents is 1. The molecule has 0 aromatic heterocycles.